The van der Waals surface area contributed by atoms with Crippen molar-refractivity contribution in [3.63, 3.8) is 0 Å². The van der Waals surface area contributed by atoms with Crippen LogP contribution in [0.4, 0.5) is 0 Å². The lowest BCUT2D eigenvalue weighted by molar-refractivity contribution is -0.152. The number of rotatable bonds is 5. The number of allylic oxidation sites excluding steroid dienone is 4. The van der Waals surface area contributed by atoms with Gasteiger partial charge in [0.2, 0.25) is 0 Å². The zero-order valence-electron chi connectivity index (χ0n) is 10.9. The van der Waals surface area contributed by atoms with Gasteiger partial charge in [0.05, 0.1) is 0 Å². The van der Waals surface area contributed by atoms with Gasteiger partial charge in [-0.05, 0) is 40.5 Å². The third-order valence-electron chi connectivity index (χ3n) is 1.96. The van der Waals surface area contributed by atoms with Crippen molar-refractivity contribution < 1.29 is 14.3 Å². The van der Waals surface area contributed by atoms with Gasteiger partial charge in [-0.1, -0.05) is 23.3 Å². The zero-order chi connectivity index (χ0) is 13.3. The summed E-state index contributed by atoms with van der Waals surface area (Å²) in [5, 5.41) is 0. The van der Waals surface area contributed by atoms with E-state index in [4.69, 9.17) is 0 Å². The fourth-order valence-corrected chi connectivity index (χ4v) is 1.16. The molecule has 0 aliphatic carbocycles. The fourth-order valence-electron chi connectivity index (χ4n) is 1.16. The molecule has 0 spiro atoms. The summed E-state index contributed by atoms with van der Waals surface area (Å²) in [6, 6.07) is 0. The Morgan fingerprint density at radius 3 is 2.29 bits per heavy atom. The molecular formula is C14H20O3. The van der Waals surface area contributed by atoms with E-state index in [0.717, 1.165) is 18.4 Å². The van der Waals surface area contributed by atoms with Crippen LogP contribution in [-0.4, -0.2) is 11.9 Å². The van der Waals surface area contributed by atoms with E-state index in [2.05, 4.69) is 10.8 Å². The van der Waals surface area contributed by atoms with Gasteiger partial charge in [-0.3, -0.25) is 0 Å². The topological polar surface area (TPSA) is 43.4 Å². The lowest BCUT2D eigenvalue weighted by atomic mass is 10.1. The summed E-state index contributed by atoms with van der Waals surface area (Å²) in [5.41, 5.74) is 2.16. The SMILES string of the molecule is C/C=C/C(=O)OC(=O)/C=C(\C)CCC=C(C)C. The summed E-state index contributed by atoms with van der Waals surface area (Å²) in [4.78, 5) is 22.2. The molecule has 17 heavy (non-hydrogen) atoms. The quantitative estimate of drug-likeness (QED) is 0.318. The molecule has 0 bridgehead atoms. The Bertz CT molecular complexity index is 356. The molecule has 0 rings (SSSR count). The van der Waals surface area contributed by atoms with Gasteiger partial charge in [0.15, 0.2) is 0 Å². The van der Waals surface area contributed by atoms with Crippen LogP contribution in [0.25, 0.3) is 0 Å². The third-order valence-corrected chi connectivity index (χ3v) is 1.96. The highest BCUT2D eigenvalue weighted by atomic mass is 16.6. The Morgan fingerprint density at radius 2 is 1.76 bits per heavy atom. The summed E-state index contributed by atoms with van der Waals surface area (Å²) in [5.74, 6) is -1.24. The van der Waals surface area contributed by atoms with E-state index in [1.165, 1.54) is 23.8 Å². The van der Waals surface area contributed by atoms with Gasteiger partial charge in [0, 0.05) is 12.2 Å². The van der Waals surface area contributed by atoms with Gasteiger partial charge in [0.25, 0.3) is 0 Å². The maximum absolute atomic E-state index is 11.3. The molecule has 0 aromatic heterocycles. The van der Waals surface area contributed by atoms with Gasteiger partial charge in [-0.25, -0.2) is 9.59 Å². The smallest absolute Gasteiger partial charge is 0.338 e. The summed E-state index contributed by atoms with van der Waals surface area (Å²) in [6.07, 6.45) is 7.89. The first-order valence-corrected chi connectivity index (χ1v) is 5.64. The van der Waals surface area contributed by atoms with E-state index in [0.29, 0.717) is 0 Å². The van der Waals surface area contributed by atoms with Crippen molar-refractivity contribution in [3.05, 3.63) is 35.5 Å². The highest BCUT2D eigenvalue weighted by molar-refractivity contribution is 5.96. The molecule has 0 N–H and O–H groups in total. The average molecular weight is 236 g/mol. The van der Waals surface area contributed by atoms with Gasteiger partial charge in [0.1, 0.15) is 0 Å². The Balaban J connectivity index is 4.15. The highest BCUT2D eigenvalue weighted by Gasteiger charge is 2.04. The standard InChI is InChI=1S/C14H20O3/c1-5-7-13(15)17-14(16)10-12(4)9-6-8-11(2)3/h5,7-8,10H,6,9H2,1-4H3/b7-5+,12-10+. The number of hydrogen-bond acceptors (Lipinski definition) is 3. The summed E-state index contributed by atoms with van der Waals surface area (Å²) >= 11 is 0. The van der Waals surface area contributed by atoms with Crippen molar-refractivity contribution in [2.75, 3.05) is 0 Å². The Labute approximate surface area is 103 Å². The van der Waals surface area contributed by atoms with Crippen LogP contribution in [0.3, 0.4) is 0 Å². The van der Waals surface area contributed by atoms with Crippen LogP contribution in [0.15, 0.2) is 35.5 Å². The van der Waals surface area contributed by atoms with E-state index in [9.17, 15) is 9.59 Å². The Morgan fingerprint density at radius 1 is 1.12 bits per heavy atom. The molecule has 3 heteroatoms. The largest absolute Gasteiger partial charge is 0.387 e. The zero-order valence-corrected chi connectivity index (χ0v) is 10.9. The van der Waals surface area contributed by atoms with Crippen molar-refractivity contribution in [2.45, 2.75) is 40.5 Å². The summed E-state index contributed by atoms with van der Waals surface area (Å²) in [6.45, 7) is 7.60. The first-order chi connectivity index (χ1) is 7.95. The molecule has 0 radical (unpaired) electrons. The molecular weight excluding hydrogens is 216 g/mol. The van der Waals surface area contributed by atoms with Gasteiger partial charge in [-0.15, -0.1) is 0 Å². The lowest BCUT2D eigenvalue weighted by Gasteiger charge is -1.99. The number of hydrogen-bond donors (Lipinski definition) is 0. The molecule has 0 aromatic carbocycles. The summed E-state index contributed by atoms with van der Waals surface area (Å²) < 4.78 is 4.53. The van der Waals surface area contributed by atoms with Crippen LogP contribution in [0, 0.1) is 0 Å². The number of esters is 2. The normalized spacial score (nSPS) is 11.4. The predicted molar refractivity (Wildman–Crippen MR) is 68.3 cm³/mol. The van der Waals surface area contributed by atoms with Gasteiger partial charge < -0.3 is 4.74 Å². The van der Waals surface area contributed by atoms with Crippen molar-refractivity contribution in [2.24, 2.45) is 0 Å². The average Bonchev–Trinajstić information content (AvgIpc) is 2.16. The molecule has 3 nitrogen and oxygen atoms in total. The second-order valence-corrected chi connectivity index (χ2v) is 4.05. The van der Waals surface area contributed by atoms with Crippen LogP contribution in [0.2, 0.25) is 0 Å². The van der Waals surface area contributed by atoms with E-state index in [-0.39, 0.29) is 0 Å². The molecule has 0 heterocycles. The molecule has 0 saturated heterocycles. The van der Waals surface area contributed by atoms with E-state index in [1.54, 1.807) is 6.92 Å². The number of carbonyl (C=O) groups excluding carboxylic acids is 2. The first kappa shape index (κ1) is 15.4. The lowest BCUT2D eigenvalue weighted by Crippen LogP contribution is -2.07. The summed E-state index contributed by atoms with van der Waals surface area (Å²) in [7, 11) is 0. The Hall–Kier alpha value is -1.64. The van der Waals surface area contributed by atoms with Gasteiger partial charge in [-0.2, -0.15) is 0 Å². The fraction of sp³-hybridized carbons (Fsp3) is 0.429. The van der Waals surface area contributed by atoms with Crippen molar-refractivity contribution in [1.82, 2.24) is 0 Å². The van der Waals surface area contributed by atoms with Crippen LogP contribution < -0.4 is 0 Å². The van der Waals surface area contributed by atoms with Crippen LogP contribution >= 0.6 is 0 Å². The van der Waals surface area contributed by atoms with E-state index in [1.807, 2.05) is 20.8 Å². The highest BCUT2D eigenvalue weighted by Crippen LogP contribution is 2.06. The van der Waals surface area contributed by atoms with Gasteiger partial charge >= 0.3 is 11.9 Å². The monoisotopic (exact) mass is 236 g/mol. The maximum atomic E-state index is 11.3. The molecule has 0 amide bonds. The number of ether oxygens (including phenoxy) is 1. The maximum Gasteiger partial charge on any atom is 0.338 e. The second kappa shape index (κ2) is 8.50. The molecule has 0 atom stereocenters. The van der Waals surface area contributed by atoms with Crippen LogP contribution in [0.5, 0.6) is 0 Å². The van der Waals surface area contributed by atoms with E-state index < -0.39 is 11.9 Å². The molecule has 0 fully saturated rings. The minimum atomic E-state index is -0.633. The van der Waals surface area contributed by atoms with Crippen molar-refractivity contribution in [3.8, 4) is 0 Å². The molecule has 0 aliphatic heterocycles. The number of carbonyl (C=O) groups is 2. The van der Waals surface area contributed by atoms with Crippen molar-refractivity contribution in [1.29, 1.82) is 0 Å². The Kier molecular flexibility index (Phi) is 7.68. The van der Waals surface area contributed by atoms with E-state index >= 15 is 0 Å². The minimum Gasteiger partial charge on any atom is -0.387 e. The second-order valence-electron chi connectivity index (χ2n) is 4.05. The molecule has 0 saturated carbocycles. The van der Waals surface area contributed by atoms with Crippen molar-refractivity contribution >= 4 is 11.9 Å². The van der Waals surface area contributed by atoms with Crippen LogP contribution in [0.1, 0.15) is 40.5 Å². The minimum absolute atomic E-state index is 0.609. The van der Waals surface area contributed by atoms with Crippen LogP contribution in [-0.2, 0) is 14.3 Å². The molecule has 94 valence electrons. The molecule has 0 aliphatic rings. The third kappa shape index (κ3) is 9.30. The molecule has 0 unspecified atom stereocenters. The predicted octanol–water partition coefficient (Wildman–Crippen LogP) is 3.33. The molecule has 0 aromatic rings. The first-order valence-electron chi connectivity index (χ1n) is 5.64.